The van der Waals surface area contributed by atoms with Crippen LogP contribution in [0.4, 0.5) is 22.7 Å². The maximum absolute atomic E-state index is 15.0. The Labute approximate surface area is 469 Å². The monoisotopic (exact) mass is 1180 g/mol. The van der Waals surface area contributed by atoms with E-state index in [1.54, 1.807) is 135 Å². The Morgan fingerprint density at radius 1 is 0.538 bits per heavy atom. The molecule has 402 valence electrons. The van der Waals surface area contributed by atoms with E-state index < -0.39 is 47.8 Å². The Kier molecular flexibility index (Phi) is 16.9. The molecule has 2 aliphatic rings. The van der Waals surface area contributed by atoms with E-state index in [-0.39, 0.29) is 50.8 Å². The van der Waals surface area contributed by atoms with Crippen LogP contribution >= 0.6 is 31.9 Å². The largest absolute Gasteiger partial charge is 0.496 e. The third kappa shape index (κ3) is 11.5. The van der Waals surface area contributed by atoms with Crippen molar-refractivity contribution in [1.82, 2.24) is 21.3 Å². The van der Waals surface area contributed by atoms with E-state index in [1.807, 2.05) is 60.7 Å². The second-order valence-electron chi connectivity index (χ2n) is 19.4. The van der Waals surface area contributed by atoms with Crippen molar-refractivity contribution in [3.05, 3.63) is 165 Å². The second kappa shape index (κ2) is 23.9. The number of para-hydroxylation sites is 4. The van der Waals surface area contributed by atoms with Gasteiger partial charge < -0.3 is 50.3 Å². The van der Waals surface area contributed by atoms with Crippen molar-refractivity contribution in [2.24, 2.45) is 0 Å². The number of carbonyl (C=O) groups is 6. The molecule has 0 saturated carbocycles. The predicted octanol–water partition coefficient (Wildman–Crippen LogP) is 7.97. The second-order valence-corrected chi connectivity index (χ2v) is 21.2. The summed E-state index contributed by atoms with van der Waals surface area (Å²) in [6.07, 6.45) is -0.237. The third-order valence-electron chi connectivity index (χ3n) is 14.5. The number of halogens is 2. The summed E-state index contributed by atoms with van der Waals surface area (Å²) in [7, 11) is 6.46. The average Bonchev–Trinajstić information content (AvgIpc) is 3.83. The fourth-order valence-corrected chi connectivity index (χ4v) is 10.9. The van der Waals surface area contributed by atoms with Gasteiger partial charge in [-0.15, -0.1) is 0 Å². The van der Waals surface area contributed by atoms with Gasteiger partial charge in [0.2, 0.25) is 23.6 Å². The summed E-state index contributed by atoms with van der Waals surface area (Å²) in [5.41, 5.74) is 4.59. The third-order valence-corrected chi connectivity index (χ3v) is 15.5. The van der Waals surface area contributed by atoms with Crippen molar-refractivity contribution in [1.29, 1.82) is 0 Å². The first kappa shape index (κ1) is 55.1. The molecule has 2 heterocycles. The first-order valence-electron chi connectivity index (χ1n) is 25.6. The highest BCUT2D eigenvalue weighted by Crippen LogP contribution is 2.40. The van der Waals surface area contributed by atoms with Crippen LogP contribution in [0.25, 0.3) is 21.5 Å². The predicted molar refractivity (Wildman–Crippen MR) is 311 cm³/mol. The summed E-state index contributed by atoms with van der Waals surface area (Å²) in [6, 6.07) is 37.4. The normalized spacial score (nSPS) is 16.2. The van der Waals surface area contributed by atoms with Gasteiger partial charge in [0, 0.05) is 20.1 Å². The molecule has 4 unspecified atom stereocenters. The molecule has 0 radical (unpaired) electrons. The molecule has 0 fully saturated rings. The van der Waals surface area contributed by atoms with Crippen molar-refractivity contribution in [2.45, 2.75) is 63.9 Å². The average molecular weight is 1180 g/mol. The SMILES string of the molecule is CNC(C)C(=O)NC1CN(C(=O)Cc2cccc(CC(=O)N3CC(NC(=O)C(C)NC)C(=O)N(Cc4c(OC)ccc5cc(Br)ccc45)c4ccccc43)c2)c2ccccc2N(Cc2c(OC)ccc3cc(Br)ccc23)C1=O. The van der Waals surface area contributed by atoms with Crippen LogP contribution in [0.5, 0.6) is 11.5 Å². The molecule has 0 aliphatic carbocycles. The molecule has 18 heteroatoms. The van der Waals surface area contributed by atoms with Crippen LogP contribution < -0.4 is 50.3 Å². The van der Waals surface area contributed by atoms with Crippen molar-refractivity contribution >= 4 is 112 Å². The molecule has 78 heavy (non-hydrogen) atoms. The number of amides is 6. The molecule has 7 aromatic carbocycles. The molecule has 2 aliphatic heterocycles. The maximum atomic E-state index is 15.0. The van der Waals surface area contributed by atoms with Gasteiger partial charge in [-0.25, -0.2) is 0 Å². The van der Waals surface area contributed by atoms with Gasteiger partial charge in [-0.3, -0.25) is 28.8 Å². The van der Waals surface area contributed by atoms with Gasteiger partial charge in [-0.1, -0.05) is 105 Å². The fraction of sp³-hybridized carbons (Fsp3) is 0.267. The van der Waals surface area contributed by atoms with Crippen LogP contribution in [0.1, 0.15) is 36.1 Å². The topological polar surface area (TPSA) is 182 Å². The number of nitrogens with one attached hydrogen (secondary N) is 4. The number of methoxy groups -OCH3 is 2. The van der Waals surface area contributed by atoms with Crippen LogP contribution in [0.2, 0.25) is 0 Å². The fourth-order valence-electron chi connectivity index (χ4n) is 10.1. The van der Waals surface area contributed by atoms with Crippen LogP contribution in [0, 0.1) is 0 Å². The van der Waals surface area contributed by atoms with Crippen LogP contribution in [0.3, 0.4) is 0 Å². The number of benzene rings is 7. The number of hydrogen-bond donors (Lipinski definition) is 4. The summed E-state index contributed by atoms with van der Waals surface area (Å²) in [5, 5.41) is 15.3. The minimum atomic E-state index is -1.14. The van der Waals surface area contributed by atoms with Crippen molar-refractivity contribution in [3.63, 3.8) is 0 Å². The lowest BCUT2D eigenvalue weighted by Crippen LogP contribution is -2.56. The molecule has 0 bridgehead atoms. The number of fused-ring (bicyclic) bond motifs is 4. The molecule has 7 aromatic rings. The van der Waals surface area contributed by atoms with E-state index in [2.05, 4.69) is 53.1 Å². The minimum Gasteiger partial charge on any atom is -0.496 e. The zero-order chi connectivity index (χ0) is 55.4. The molecule has 16 nitrogen and oxygen atoms in total. The zero-order valence-electron chi connectivity index (χ0n) is 44.1. The van der Waals surface area contributed by atoms with Crippen molar-refractivity contribution in [3.8, 4) is 11.5 Å². The summed E-state index contributed by atoms with van der Waals surface area (Å²) < 4.78 is 13.5. The Morgan fingerprint density at radius 2 is 0.936 bits per heavy atom. The lowest BCUT2D eigenvalue weighted by molar-refractivity contribution is -0.128. The lowest BCUT2D eigenvalue weighted by atomic mass is 10.0. The molecular formula is C60H60Br2N8O8. The number of carbonyl (C=O) groups excluding carboxylic acids is 6. The number of anilines is 4. The first-order chi connectivity index (χ1) is 37.6. The number of hydrogen-bond acceptors (Lipinski definition) is 10. The molecule has 4 N–H and O–H groups in total. The Hall–Kier alpha value is -7.64. The molecule has 6 amide bonds. The minimum absolute atomic E-state index is 0.0667. The molecule has 0 saturated heterocycles. The molecule has 0 spiro atoms. The highest BCUT2D eigenvalue weighted by atomic mass is 79.9. The van der Waals surface area contributed by atoms with Gasteiger partial charge >= 0.3 is 0 Å². The number of likely N-dealkylation sites (N-methyl/N-ethyl adjacent to an activating group) is 2. The van der Waals surface area contributed by atoms with Crippen LogP contribution in [-0.4, -0.2) is 101 Å². The van der Waals surface area contributed by atoms with E-state index in [9.17, 15) is 28.8 Å². The van der Waals surface area contributed by atoms with E-state index in [4.69, 9.17) is 9.47 Å². The molecular weight excluding hydrogens is 1120 g/mol. The van der Waals surface area contributed by atoms with Crippen LogP contribution in [0.15, 0.2) is 142 Å². The molecule has 0 aromatic heterocycles. The quantitative estimate of drug-likeness (QED) is 0.0741. The van der Waals surface area contributed by atoms with Gasteiger partial charge in [0.05, 0.1) is 88.1 Å². The smallest absolute Gasteiger partial charge is 0.251 e. The number of nitrogens with zero attached hydrogens (tertiary/aromatic N) is 4. The van der Waals surface area contributed by atoms with E-state index in [0.29, 0.717) is 45.4 Å². The van der Waals surface area contributed by atoms with Gasteiger partial charge in [0.25, 0.3) is 11.8 Å². The number of ether oxygens (including phenoxy) is 2. The van der Waals surface area contributed by atoms with Gasteiger partial charge in [-0.05, 0) is 121 Å². The van der Waals surface area contributed by atoms with Gasteiger partial charge in [-0.2, -0.15) is 0 Å². The van der Waals surface area contributed by atoms with Gasteiger partial charge in [0.15, 0.2) is 0 Å². The summed E-state index contributed by atoms with van der Waals surface area (Å²) >= 11 is 7.15. The molecule has 4 atom stereocenters. The van der Waals surface area contributed by atoms with E-state index in [1.165, 1.54) is 0 Å². The summed E-state index contributed by atoms with van der Waals surface area (Å²) in [5.74, 6) is -1.20. The van der Waals surface area contributed by atoms with Crippen LogP contribution in [-0.2, 0) is 54.7 Å². The van der Waals surface area contributed by atoms with E-state index in [0.717, 1.165) is 41.6 Å². The first-order valence-corrected chi connectivity index (χ1v) is 27.1. The molecule has 9 rings (SSSR count). The van der Waals surface area contributed by atoms with Crippen molar-refractivity contribution in [2.75, 3.05) is 61.0 Å². The maximum Gasteiger partial charge on any atom is 0.251 e. The standard InChI is InChI=1S/C60H60Br2N8O8/c1-35(63-3)57(73)65-47-33-67(49-14-7-9-16-51(49)69(59(47)75)31-45-43-22-20-41(61)29-39(43)18-24-53(45)77-5)55(71)27-37-12-11-13-38(26-37)28-56(72)68-34-48(66-58(74)36(2)64-4)60(76)70(52-17-10-8-15-50(52)68)32-46-44-23-21-42(62)30-40(44)19-25-54(46)78-6/h7-26,29-30,35-36,47-48,63-64H,27-28,31-34H2,1-6H3,(H,65,73)(H,66,74). The van der Waals surface area contributed by atoms with Crippen molar-refractivity contribution < 1.29 is 38.2 Å². The summed E-state index contributed by atoms with van der Waals surface area (Å²) in [4.78, 5) is 93.3. The Morgan fingerprint density at radius 3 is 1.32 bits per heavy atom. The van der Waals surface area contributed by atoms with Gasteiger partial charge in [0.1, 0.15) is 23.6 Å². The highest BCUT2D eigenvalue weighted by Gasteiger charge is 2.40. The highest BCUT2D eigenvalue weighted by molar-refractivity contribution is 9.10. The Balaban J connectivity index is 1.02. The Bertz CT molecular complexity index is 3260. The zero-order valence-corrected chi connectivity index (χ0v) is 47.2. The van der Waals surface area contributed by atoms with E-state index >= 15 is 0 Å². The number of rotatable bonds is 16. The lowest BCUT2D eigenvalue weighted by Gasteiger charge is -2.27. The summed E-state index contributed by atoms with van der Waals surface area (Å²) in [6.45, 7) is 3.19.